The Bertz CT molecular complexity index is 613. The lowest BCUT2D eigenvalue weighted by atomic mass is 10.0. The monoisotopic (exact) mass is 313 g/mol. The fraction of sp³-hybridized carbons (Fsp3) is 0.316. The molecule has 0 saturated carbocycles. The molecule has 0 aliphatic heterocycles. The first-order chi connectivity index (χ1) is 11.2. The van der Waals surface area contributed by atoms with Gasteiger partial charge in [-0.1, -0.05) is 42.5 Å². The zero-order valence-electron chi connectivity index (χ0n) is 13.4. The molecule has 2 aromatic carbocycles. The largest absolute Gasteiger partial charge is 0.497 e. The van der Waals surface area contributed by atoms with Crippen molar-refractivity contribution in [3.63, 3.8) is 0 Å². The molecule has 4 heteroatoms. The summed E-state index contributed by atoms with van der Waals surface area (Å²) in [6.07, 6.45) is 1.67. The molecule has 0 saturated heterocycles. The number of aliphatic hydroxyl groups excluding tert-OH is 1. The van der Waals surface area contributed by atoms with Crippen LogP contribution < -0.4 is 10.1 Å². The first-order valence-corrected chi connectivity index (χ1v) is 7.81. The first kappa shape index (κ1) is 17.0. The molecule has 1 unspecified atom stereocenters. The first-order valence-electron chi connectivity index (χ1n) is 7.81. The maximum absolute atomic E-state index is 12.3. The predicted molar refractivity (Wildman–Crippen MR) is 90.3 cm³/mol. The standard InChI is InChI=1S/C19H23NO3/c1-23-17-10-5-7-15(13-17)14-19(22)20-18(11-6-12-21)16-8-3-2-4-9-16/h2-5,7-10,13,18,21H,6,11-12,14H2,1H3,(H,20,22). The van der Waals surface area contributed by atoms with E-state index in [1.165, 1.54) is 0 Å². The number of methoxy groups -OCH3 is 1. The van der Waals surface area contributed by atoms with Gasteiger partial charge in [-0.2, -0.15) is 0 Å². The van der Waals surface area contributed by atoms with Crippen molar-refractivity contribution in [1.82, 2.24) is 5.32 Å². The second-order valence-corrected chi connectivity index (χ2v) is 5.42. The van der Waals surface area contributed by atoms with Gasteiger partial charge in [0.2, 0.25) is 5.91 Å². The van der Waals surface area contributed by atoms with Crippen molar-refractivity contribution in [3.8, 4) is 5.75 Å². The Kier molecular flexibility index (Phi) is 6.63. The Labute approximate surface area is 137 Å². The lowest BCUT2D eigenvalue weighted by molar-refractivity contribution is -0.121. The van der Waals surface area contributed by atoms with Crippen LogP contribution in [-0.2, 0) is 11.2 Å². The summed E-state index contributed by atoms with van der Waals surface area (Å²) in [4.78, 5) is 12.3. The van der Waals surface area contributed by atoms with Gasteiger partial charge in [-0.3, -0.25) is 4.79 Å². The fourth-order valence-corrected chi connectivity index (χ4v) is 2.52. The average Bonchev–Trinajstić information content (AvgIpc) is 2.59. The van der Waals surface area contributed by atoms with E-state index in [1.54, 1.807) is 7.11 Å². The molecule has 0 aromatic heterocycles. The van der Waals surface area contributed by atoms with E-state index in [4.69, 9.17) is 9.84 Å². The number of ether oxygens (including phenoxy) is 1. The summed E-state index contributed by atoms with van der Waals surface area (Å²) >= 11 is 0. The smallest absolute Gasteiger partial charge is 0.224 e. The number of carbonyl (C=O) groups is 1. The van der Waals surface area contributed by atoms with E-state index in [0.29, 0.717) is 19.3 Å². The highest BCUT2D eigenvalue weighted by molar-refractivity contribution is 5.79. The maximum atomic E-state index is 12.3. The second kappa shape index (κ2) is 8.96. The van der Waals surface area contributed by atoms with Gasteiger partial charge in [0.15, 0.2) is 0 Å². The number of hydrogen-bond donors (Lipinski definition) is 2. The van der Waals surface area contributed by atoms with Gasteiger partial charge in [0, 0.05) is 6.61 Å². The van der Waals surface area contributed by atoms with Gasteiger partial charge < -0.3 is 15.2 Å². The summed E-state index contributed by atoms with van der Waals surface area (Å²) in [7, 11) is 1.61. The molecule has 0 radical (unpaired) electrons. The zero-order chi connectivity index (χ0) is 16.5. The van der Waals surface area contributed by atoms with Crippen LogP contribution in [0.4, 0.5) is 0 Å². The van der Waals surface area contributed by atoms with E-state index in [1.807, 2.05) is 54.6 Å². The highest BCUT2D eigenvalue weighted by Gasteiger charge is 2.14. The van der Waals surface area contributed by atoms with E-state index in [2.05, 4.69) is 5.32 Å². The number of carbonyl (C=O) groups excluding carboxylic acids is 1. The lowest BCUT2D eigenvalue weighted by Crippen LogP contribution is -2.30. The zero-order valence-corrected chi connectivity index (χ0v) is 13.4. The highest BCUT2D eigenvalue weighted by atomic mass is 16.5. The number of amides is 1. The third-order valence-corrected chi connectivity index (χ3v) is 3.69. The molecule has 2 rings (SSSR count). The summed E-state index contributed by atoms with van der Waals surface area (Å²) in [6.45, 7) is 0.120. The molecule has 0 aliphatic carbocycles. The van der Waals surface area contributed by atoms with Gasteiger partial charge >= 0.3 is 0 Å². The number of hydrogen-bond acceptors (Lipinski definition) is 3. The van der Waals surface area contributed by atoms with Crippen LogP contribution in [0.2, 0.25) is 0 Å². The van der Waals surface area contributed by atoms with E-state index < -0.39 is 0 Å². The molecule has 0 spiro atoms. The number of aliphatic hydroxyl groups is 1. The molecule has 0 fully saturated rings. The minimum atomic E-state index is -0.0820. The van der Waals surface area contributed by atoms with Gasteiger partial charge in [-0.05, 0) is 36.1 Å². The van der Waals surface area contributed by atoms with Crippen molar-refractivity contribution in [2.45, 2.75) is 25.3 Å². The summed E-state index contributed by atoms with van der Waals surface area (Å²) < 4.78 is 5.18. The van der Waals surface area contributed by atoms with E-state index in [9.17, 15) is 4.79 Å². The van der Waals surface area contributed by atoms with Gasteiger partial charge in [0.05, 0.1) is 19.6 Å². The number of benzene rings is 2. The lowest BCUT2D eigenvalue weighted by Gasteiger charge is -2.19. The van der Waals surface area contributed by atoms with Crippen LogP contribution in [0.15, 0.2) is 54.6 Å². The Balaban J connectivity index is 2.02. The molecule has 1 amide bonds. The van der Waals surface area contributed by atoms with E-state index in [0.717, 1.165) is 16.9 Å². The van der Waals surface area contributed by atoms with Gasteiger partial charge in [-0.15, -0.1) is 0 Å². The van der Waals surface area contributed by atoms with Crippen molar-refractivity contribution in [3.05, 3.63) is 65.7 Å². The summed E-state index contributed by atoms with van der Waals surface area (Å²) in [5, 5.41) is 12.1. The van der Waals surface area contributed by atoms with Crippen LogP contribution >= 0.6 is 0 Å². The highest BCUT2D eigenvalue weighted by Crippen LogP contribution is 2.19. The molecule has 2 aromatic rings. The molecule has 2 N–H and O–H groups in total. The molecule has 122 valence electrons. The molecule has 1 atom stereocenters. The molecule has 0 heterocycles. The Morgan fingerprint density at radius 1 is 1.17 bits per heavy atom. The van der Waals surface area contributed by atoms with Crippen molar-refractivity contribution in [1.29, 1.82) is 0 Å². The van der Waals surface area contributed by atoms with Crippen molar-refractivity contribution in [2.24, 2.45) is 0 Å². The third-order valence-electron chi connectivity index (χ3n) is 3.69. The van der Waals surface area contributed by atoms with Crippen LogP contribution in [0.5, 0.6) is 5.75 Å². The van der Waals surface area contributed by atoms with Crippen molar-refractivity contribution >= 4 is 5.91 Å². The van der Waals surface area contributed by atoms with Crippen LogP contribution in [0.1, 0.15) is 30.0 Å². The molecule has 0 aliphatic rings. The molecular formula is C19H23NO3. The molecule has 23 heavy (non-hydrogen) atoms. The normalized spacial score (nSPS) is 11.7. The van der Waals surface area contributed by atoms with Crippen molar-refractivity contribution in [2.75, 3.05) is 13.7 Å². The Hall–Kier alpha value is -2.33. The average molecular weight is 313 g/mol. The molecule has 0 bridgehead atoms. The molecular weight excluding hydrogens is 290 g/mol. The van der Waals surface area contributed by atoms with Crippen LogP contribution in [0, 0.1) is 0 Å². The minimum Gasteiger partial charge on any atom is -0.497 e. The Morgan fingerprint density at radius 2 is 1.96 bits per heavy atom. The van der Waals surface area contributed by atoms with Crippen molar-refractivity contribution < 1.29 is 14.6 Å². The summed E-state index contributed by atoms with van der Waals surface area (Å²) in [5.41, 5.74) is 1.97. The SMILES string of the molecule is COc1cccc(CC(=O)NC(CCCO)c2ccccc2)c1. The molecule has 4 nitrogen and oxygen atoms in total. The minimum absolute atomic E-state index is 0.0370. The van der Waals surface area contributed by atoms with Crippen LogP contribution in [-0.4, -0.2) is 24.7 Å². The second-order valence-electron chi connectivity index (χ2n) is 5.42. The predicted octanol–water partition coefficient (Wildman–Crippen LogP) is 2.87. The summed E-state index contributed by atoms with van der Waals surface area (Å²) in [5.74, 6) is 0.709. The van der Waals surface area contributed by atoms with Gasteiger partial charge in [-0.25, -0.2) is 0 Å². The maximum Gasteiger partial charge on any atom is 0.224 e. The van der Waals surface area contributed by atoms with Gasteiger partial charge in [0.1, 0.15) is 5.75 Å². The Morgan fingerprint density at radius 3 is 2.65 bits per heavy atom. The number of rotatable bonds is 8. The van der Waals surface area contributed by atoms with Gasteiger partial charge in [0.25, 0.3) is 0 Å². The fourth-order valence-electron chi connectivity index (χ4n) is 2.52. The quantitative estimate of drug-likeness (QED) is 0.788. The van der Waals surface area contributed by atoms with E-state index >= 15 is 0 Å². The van der Waals surface area contributed by atoms with E-state index in [-0.39, 0.29) is 18.6 Å². The third kappa shape index (κ3) is 5.42. The van der Waals surface area contributed by atoms with Crippen LogP contribution in [0.3, 0.4) is 0 Å². The number of nitrogens with one attached hydrogen (secondary N) is 1. The van der Waals surface area contributed by atoms with Crippen LogP contribution in [0.25, 0.3) is 0 Å². The topological polar surface area (TPSA) is 58.6 Å². The summed E-state index contributed by atoms with van der Waals surface area (Å²) in [6, 6.07) is 17.3.